The lowest BCUT2D eigenvalue weighted by molar-refractivity contribution is -0.300. The van der Waals surface area contributed by atoms with Crippen LogP contribution in [0.4, 0.5) is 0 Å². The zero-order chi connectivity index (χ0) is 10.7. The Kier molecular flexibility index (Phi) is 3.55. The second-order valence-corrected chi connectivity index (χ2v) is 4.26. The van der Waals surface area contributed by atoms with E-state index in [2.05, 4.69) is 27.7 Å². The summed E-state index contributed by atoms with van der Waals surface area (Å²) in [5, 5.41) is 4.23. The van der Waals surface area contributed by atoms with Gasteiger partial charge in [0.15, 0.2) is 0 Å². The van der Waals surface area contributed by atoms with Gasteiger partial charge in [-0.15, -0.1) is 0 Å². The van der Waals surface area contributed by atoms with Crippen LogP contribution in [0.2, 0.25) is 0 Å². The standard InChI is InChI=1S/C10H11IN2O2/c1-2-14-15-7-8-5-12-13-6-9(11)3-4-10(8)13/h3-6H,2,7H2,1H3. The highest BCUT2D eigenvalue weighted by molar-refractivity contribution is 14.1. The minimum Gasteiger partial charge on any atom is -0.240 e. The summed E-state index contributed by atoms with van der Waals surface area (Å²) in [5.41, 5.74) is 2.08. The van der Waals surface area contributed by atoms with E-state index in [1.165, 1.54) is 0 Å². The number of pyridine rings is 1. The van der Waals surface area contributed by atoms with Crippen LogP contribution in [0.3, 0.4) is 0 Å². The molecule has 2 rings (SSSR count). The Morgan fingerprint density at radius 1 is 1.40 bits per heavy atom. The summed E-state index contributed by atoms with van der Waals surface area (Å²) in [7, 11) is 0. The van der Waals surface area contributed by atoms with E-state index in [1.807, 2.05) is 29.8 Å². The molecule has 0 unspecified atom stereocenters. The minimum absolute atomic E-state index is 0.429. The molecule has 0 atom stereocenters. The van der Waals surface area contributed by atoms with E-state index in [9.17, 15) is 0 Å². The summed E-state index contributed by atoms with van der Waals surface area (Å²) in [6, 6.07) is 4.07. The summed E-state index contributed by atoms with van der Waals surface area (Å²) in [4.78, 5) is 9.85. The molecule has 0 fully saturated rings. The maximum absolute atomic E-state index is 5.01. The summed E-state index contributed by atoms with van der Waals surface area (Å²) in [6.07, 6.45) is 3.77. The van der Waals surface area contributed by atoms with Crippen LogP contribution in [-0.2, 0) is 16.4 Å². The van der Waals surface area contributed by atoms with Crippen molar-refractivity contribution < 1.29 is 9.78 Å². The van der Waals surface area contributed by atoms with Gasteiger partial charge >= 0.3 is 0 Å². The van der Waals surface area contributed by atoms with Crippen molar-refractivity contribution in [2.75, 3.05) is 6.61 Å². The molecular formula is C10H11IN2O2. The fourth-order valence-corrected chi connectivity index (χ4v) is 1.76. The molecule has 0 aliphatic heterocycles. The molecule has 5 heteroatoms. The highest BCUT2D eigenvalue weighted by atomic mass is 127. The maximum Gasteiger partial charge on any atom is 0.111 e. The highest BCUT2D eigenvalue weighted by Crippen LogP contribution is 2.14. The number of rotatable bonds is 4. The van der Waals surface area contributed by atoms with E-state index < -0.39 is 0 Å². The molecule has 0 amide bonds. The van der Waals surface area contributed by atoms with Gasteiger partial charge in [0, 0.05) is 15.3 Å². The predicted octanol–water partition coefficient (Wildman–Crippen LogP) is 2.41. The molecule has 0 aliphatic rings. The first-order valence-corrected chi connectivity index (χ1v) is 5.75. The molecule has 2 aromatic heterocycles. The second-order valence-electron chi connectivity index (χ2n) is 3.02. The van der Waals surface area contributed by atoms with Crippen LogP contribution in [0.15, 0.2) is 24.5 Å². The molecule has 0 aliphatic carbocycles. The average Bonchev–Trinajstić information content (AvgIpc) is 2.61. The summed E-state index contributed by atoms with van der Waals surface area (Å²) >= 11 is 2.26. The van der Waals surface area contributed by atoms with Crippen molar-refractivity contribution in [3.63, 3.8) is 0 Å². The molecule has 0 N–H and O–H groups in total. The fraction of sp³-hybridized carbons (Fsp3) is 0.300. The number of hydrogen-bond donors (Lipinski definition) is 0. The number of halogens is 1. The Morgan fingerprint density at radius 2 is 2.27 bits per heavy atom. The van der Waals surface area contributed by atoms with Gasteiger partial charge in [0.1, 0.15) is 6.61 Å². The quantitative estimate of drug-likeness (QED) is 0.376. The van der Waals surface area contributed by atoms with Gasteiger partial charge in [-0.1, -0.05) is 0 Å². The smallest absolute Gasteiger partial charge is 0.111 e. The molecular weight excluding hydrogens is 307 g/mol. The maximum atomic E-state index is 5.01. The van der Waals surface area contributed by atoms with Gasteiger partial charge in [0.25, 0.3) is 0 Å². The van der Waals surface area contributed by atoms with Gasteiger partial charge < -0.3 is 0 Å². The Bertz CT molecular complexity index is 456. The summed E-state index contributed by atoms with van der Waals surface area (Å²) < 4.78 is 2.99. The van der Waals surface area contributed by atoms with Gasteiger partial charge in [-0.2, -0.15) is 5.10 Å². The SMILES string of the molecule is CCOOCc1cnn2cc(I)ccc12. The van der Waals surface area contributed by atoms with Crippen LogP contribution in [0.25, 0.3) is 5.52 Å². The summed E-state index contributed by atoms with van der Waals surface area (Å²) in [6.45, 7) is 2.87. The topological polar surface area (TPSA) is 35.8 Å². The molecule has 0 radical (unpaired) electrons. The van der Waals surface area contributed by atoms with Crippen molar-refractivity contribution in [2.24, 2.45) is 0 Å². The average molecular weight is 318 g/mol. The molecule has 0 bridgehead atoms. The van der Waals surface area contributed by atoms with E-state index in [0.29, 0.717) is 13.2 Å². The largest absolute Gasteiger partial charge is 0.240 e. The Balaban J connectivity index is 2.21. The molecule has 0 aromatic carbocycles. The highest BCUT2D eigenvalue weighted by Gasteiger charge is 2.04. The van der Waals surface area contributed by atoms with Crippen molar-refractivity contribution in [3.05, 3.63) is 33.7 Å². The van der Waals surface area contributed by atoms with Crippen LogP contribution in [0.5, 0.6) is 0 Å². The van der Waals surface area contributed by atoms with Crippen LogP contribution >= 0.6 is 22.6 Å². The Labute approximate surface area is 101 Å². The van der Waals surface area contributed by atoms with Crippen LogP contribution < -0.4 is 0 Å². The first kappa shape index (κ1) is 10.8. The monoisotopic (exact) mass is 318 g/mol. The number of aromatic nitrogens is 2. The van der Waals surface area contributed by atoms with Crippen molar-refractivity contribution in [1.82, 2.24) is 9.61 Å². The first-order chi connectivity index (χ1) is 7.31. The normalized spacial score (nSPS) is 11.1. The van der Waals surface area contributed by atoms with Gasteiger partial charge in [0.05, 0.1) is 18.3 Å². The van der Waals surface area contributed by atoms with Gasteiger partial charge in [0.2, 0.25) is 0 Å². The summed E-state index contributed by atoms with van der Waals surface area (Å²) in [5.74, 6) is 0. The van der Waals surface area contributed by atoms with E-state index >= 15 is 0 Å². The number of fused-ring (bicyclic) bond motifs is 1. The zero-order valence-corrected chi connectivity index (χ0v) is 10.5. The van der Waals surface area contributed by atoms with Crippen molar-refractivity contribution in [3.8, 4) is 0 Å². The fourth-order valence-electron chi connectivity index (χ4n) is 1.31. The van der Waals surface area contributed by atoms with E-state index in [1.54, 1.807) is 6.20 Å². The van der Waals surface area contributed by atoms with Gasteiger partial charge in [-0.05, 0) is 41.6 Å². The minimum atomic E-state index is 0.429. The molecule has 15 heavy (non-hydrogen) atoms. The van der Waals surface area contributed by atoms with Crippen molar-refractivity contribution in [2.45, 2.75) is 13.5 Å². The second kappa shape index (κ2) is 4.91. The third-order valence-corrected chi connectivity index (χ3v) is 2.61. The predicted molar refractivity (Wildman–Crippen MR) is 64.3 cm³/mol. The molecule has 80 valence electrons. The van der Waals surface area contributed by atoms with E-state index in [-0.39, 0.29) is 0 Å². The Morgan fingerprint density at radius 3 is 3.07 bits per heavy atom. The lowest BCUT2D eigenvalue weighted by Crippen LogP contribution is -1.94. The van der Waals surface area contributed by atoms with Crippen molar-refractivity contribution >= 4 is 28.1 Å². The molecule has 4 nitrogen and oxygen atoms in total. The first-order valence-electron chi connectivity index (χ1n) is 4.67. The van der Waals surface area contributed by atoms with E-state index in [4.69, 9.17) is 9.78 Å². The van der Waals surface area contributed by atoms with Gasteiger partial charge in [-0.3, -0.25) is 0 Å². The molecule has 0 saturated carbocycles. The van der Waals surface area contributed by atoms with E-state index in [0.717, 1.165) is 14.7 Å². The molecule has 0 spiro atoms. The molecule has 2 aromatic rings. The van der Waals surface area contributed by atoms with Crippen LogP contribution in [0, 0.1) is 3.57 Å². The lowest BCUT2D eigenvalue weighted by atomic mass is 10.3. The third-order valence-electron chi connectivity index (χ3n) is 1.98. The molecule has 2 heterocycles. The molecule has 0 saturated heterocycles. The Hall–Kier alpha value is -0.660. The zero-order valence-electron chi connectivity index (χ0n) is 8.31. The third kappa shape index (κ3) is 2.47. The van der Waals surface area contributed by atoms with Gasteiger partial charge in [-0.25, -0.2) is 14.3 Å². The van der Waals surface area contributed by atoms with Crippen molar-refractivity contribution in [1.29, 1.82) is 0 Å². The van der Waals surface area contributed by atoms with Crippen LogP contribution in [0.1, 0.15) is 12.5 Å². The number of hydrogen-bond acceptors (Lipinski definition) is 3. The number of nitrogens with zero attached hydrogens (tertiary/aromatic N) is 2. The van der Waals surface area contributed by atoms with Crippen LogP contribution in [-0.4, -0.2) is 16.2 Å². The lowest BCUT2D eigenvalue weighted by Gasteiger charge is -2.00.